The summed E-state index contributed by atoms with van der Waals surface area (Å²) < 4.78 is 0. The molecule has 1 unspecified atom stereocenters. The minimum absolute atomic E-state index is 0.104. The van der Waals surface area contributed by atoms with Crippen LogP contribution in [0.4, 0.5) is 0 Å². The Hall–Kier alpha value is -1.61. The highest BCUT2D eigenvalue weighted by atomic mass is 16.1. The smallest absolute Gasteiger partial charge is 0.217 e. The van der Waals surface area contributed by atoms with E-state index < -0.39 is 0 Å². The number of benzene rings is 1. The predicted octanol–water partition coefficient (Wildman–Crippen LogP) is 3.91. The van der Waals surface area contributed by atoms with E-state index in [-0.39, 0.29) is 5.91 Å². The van der Waals surface area contributed by atoms with E-state index in [1.807, 2.05) is 0 Å². The van der Waals surface area contributed by atoms with Crippen molar-refractivity contribution in [3.8, 4) is 0 Å². The van der Waals surface area contributed by atoms with Gasteiger partial charge >= 0.3 is 0 Å². The molecule has 0 bridgehead atoms. The molecule has 2 aliphatic rings. The largest absolute Gasteiger partial charge is 0.354 e. The zero-order chi connectivity index (χ0) is 16.9. The van der Waals surface area contributed by atoms with E-state index in [0.29, 0.717) is 24.0 Å². The van der Waals surface area contributed by atoms with Gasteiger partial charge < -0.3 is 10.6 Å². The van der Waals surface area contributed by atoms with Crippen LogP contribution in [0.25, 0.3) is 6.08 Å². The van der Waals surface area contributed by atoms with E-state index in [4.69, 9.17) is 0 Å². The fourth-order valence-corrected chi connectivity index (χ4v) is 4.02. The normalized spacial score (nSPS) is 30.0. The molecule has 3 rings (SSSR count). The van der Waals surface area contributed by atoms with Crippen LogP contribution in [-0.2, 0) is 4.79 Å². The van der Waals surface area contributed by atoms with Gasteiger partial charge in [0.05, 0.1) is 0 Å². The molecular formula is C21H30N2O. The number of carbonyl (C=O) groups is 1. The van der Waals surface area contributed by atoms with Crippen LogP contribution in [0, 0.1) is 5.92 Å². The molecule has 24 heavy (non-hydrogen) atoms. The van der Waals surface area contributed by atoms with Crippen molar-refractivity contribution in [2.24, 2.45) is 5.92 Å². The van der Waals surface area contributed by atoms with Crippen LogP contribution in [0.1, 0.15) is 57.9 Å². The molecule has 2 saturated carbocycles. The minimum atomic E-state index is 0.104. The Bertz CT molecular complexity index is 573. The number of hydrogen-bond acceptors (Lipinski definition) is 2. The molecule has 2 atom stereocenters. The molecule has 3 heteroatoms. The lowest BCUT2D eigenvalue weighted by Crippen LogP contribution is -2.42. The fraction of sp³-hybridized carbons (Fsp3) is 0.571. The van der Waals surface area contributed by atoms with Crippen molar-refractivity contribution < 1.29 is 4.79 Å². The van der Waals surface area contributed by atoms with Gasteiger partial charge in [-0.15, -0.1) is 0 Å². The molecule has 1 aromatic carbocycles. The molecule has 3 nitrogen and oxygen atoms in total. The van der Waals surface area contributed by atoms with E-state index in [1.165, 1.54) is 24.8 Å². The third kappa shape index (κ3) is 4.70. The second-order valence-electron chi connectivity index (χ2n) is 7.35. The van der Waals surface area contributed by atoms with Crippen LogP contribution >= 0.6 is 0 Å². The lowest BCUT2D eigenvalue weighted by Gasteiger charge is -2.29. The zero-order valence-corrected chi connectivity index (χ0v) is 14.9. The molecule has 1 amide bonds. The summed E-state index contributed by atoms with van der Waals surface area (Å²) in [5.74, 6) is 0.815. The Morgan fingerprint density at radius 1 is 1.12 bits per heavy atom. The molecule has 0 heterocycles. The molecular weight excluding hydrogens is 296 g/mol. The van der Waals surface area contributed by atoms with Crippen molar-refractivity contribution in [3.05, 3.63) is 41.5 Å². The molecule has 0 aliphatic heterocycles. The van der Waals surface area contributed by atoms with Crippen molar-refractivity contribution in [3.63, 3.8) is 0 Å². The maximum absolute atomic E-state index is 11.1. The first-order valence-corrected chi connectivity index (χ1v) is 9.44. The number of nitrogens with one attached hydrogen (secondary N) is 2. The number of amides is 1. The molecule has 0 radical (unpaired) electrons. The number of rotatable bonds is 6. The Morgan fingerprint density at radius 2 is 1.79 bits per heavy atom. The lowest BCUT2D eigenvalue weighted by atomic mass is 9.91. The highest BCUT2D eigenvalue weighted by molar-refractivity contribution is 5.73. The van der Waals surface area contributed by atoms with Gasteiger partial charge in [0, 0.05) is 25.0 Å². The van der Waals surface area contributed by atoms with E-state index >= 15 is 0 Å². The average Bonchev–Trinajstić information content (AvgIpc) is 3.34. The minimum Gasteiger partial charge on any atom is -0.354 e. The van der Waals surface area contributed by atoms with Crippen molar-refractivity contribution in [1.29, 1.82) is 0 Å². The third-order valence-electron chi connectivity index (χ3n) is 5.41. The van der Waals surface area contributed by atoms with Crippen LogP contribution in [0.2, 0.25) is 0 Å². The summed E-state index contributed by atoms with van der Waals surface area (Å²) in [6.07, 6.45) is 9.35. The van der Waals surface area contributed by atoms with Crippen LogP contribution in [0.5, 0.6) is 0 Å². The van der Waals surface area contributed by atoms with Crippen molar-refractivity contribution in [2.75, 3.05) is 0 Å². The van der Waals surface area contributed by atoms with Crippen LogP contribution < -0.4 is 10.6 Å². The molecule has 2 N–H and O–H groups in total. The fourth-order valence-electron chi connectivity index (χ4n) is 4.02. The summed E-state index contributed by atoms with van der Waals surface area (Å²) in [6, 6.07) is 12.3. The van der Waals surface area contributed by atoms with Gasteiger partial charge in [-0.2, -0.15) is 0 Å². The van der Waals surface area contributed by atoms with Gasteiger partial charge in [0.15, 0.2) is 0 Å². The quantitative estimate of drug-likeness (QED) is 0.832. The van der Waals surface area contributed by atoms with Gasteiger partial charge in [0.1, 0.15) is 0 Å². The van der Waals surface area contributed by atoms with E-state index in [2.05, 4.69) is 54.0 Å². The van der Waals surface area contributed by atoms with E-state index in [0.717, 1.165) is 19.3 Å². The Morgan fingerprint density at radius 3 is 2.42 bits per heavy atom. The van der Waals surface area contributed by atoms with Crippen LogP contribution in [0.15, 0.2) is 35.9 Å². The second-order valence-corrected chi connectivity index (χ2v) is 7.35. The maximum atomic E-state index is 11.1. The van der Waals surface area contributed by atoms with E-state index in [9.17, 15) is 4.79 Å². The summed E-state index contributed by atoms with van der Waals surface area (Å²) >= 11 is 0. The second kappa shape index (κ2) is 7.98. The highest BCUT2D eigenvalue weighted by Gasteiger charge is 2.40. The van der Waals surface area contributed by atoms with Crippen molar-refractivity contribution in [2.45, 2.75) is 70.5 Å². The number of carbonyl (C=O) groups excluding carboxylic acids is 1. The monoisotopic (exact) mass is 326 g/mol. The predicted molar refractivity (Wildman–Crippen MR) is 99.6 cm³/mol. The molecule has 1 aromatic rings. The summed E-state index contributed by atoms with van der Waals surface area (Å²) in [4.78, 5) is 11.1. The standard InChI is InChI=1S/C21H30N2O/c1-3-17(13-16-7-5-4-6-8-16)20-14-21(20)23-19-11-9-18(10-12-19)22-15(2)24/h4-8,13,18-21,23H,3,9-12,14H2,1-2H3,(H,22,24)/t18?,19?,20?,21-/m0/s1. The first-order chi connectivity index (χ1) is 11.7. The molecule has 0 spiro atoms. The third-order valence-corrected chi connectivity index (χ3v) is 5.41. The summed E-state index contributed by atoms with van der Waals surface area (Å²) in [7, 11) is 0. The molecule has 2 fully saturated rings. The lowest BCUT2D eigenvalue weighted by molar-refractivity contribution is -0.119. The average molecular weight is 326 g/mol. The highest BCUT2D eigenvalue weighted by Crippen LogP contribution is 2.40. The van der Waals surface area contributed by atoms with Gasteiger partial charge in [0.25, 0.3) is 0 Å². The van der Waals surface area contributed by atoms with E-state index in [1.54, 1.807) is 12.5 Å². The number of hydrogen-bond donors (Lipinski definition) is 2. The summed E-state index contributed by atoms with van der Waals surface area (Å²) in [6.45, 7) is 3.88. The SMILES string of the molecule is CCC(=Cc1ccccc1)C1C[C@@H]1NC1CCC(NC(C)=O)CC1. The van der Waals surface area contributed by atoms with Gasteiger partial charge in [-0.25, -0.2) is 0 Å². The molecule has 130 valence electrons. The first kappa shape index (κ1) is 17.2. The van der Waals surface area contributed by atoms with Crippen molar-refractivity contribution in [1.82, 2.24) is 10.6 Å². The summed E-state index contributed by atoms with van der Waals surface area (Å²) in [5.41, 5.74) is 2.89. The first-order valence-electron chi connectivity index (χ1n) is 9.44. The zero-order valence-electron chi connectivity index (χ0n) is 14.9. The van der Waals surface area contributed by atoms with Gasteiger partial charge in [-0.3, -0.25) is 4.79 Å². The maximum Gasteiger partial charge on any atom is 0.217 e. The molecule has 2 aliphatic carbocycles. The Labute approximate surface area is 145 Å². The van der Waals surface area contributed by atoms with Crippen molar-refractivity contribution >= 4 is 12.0 Å². The molecule has 0 aromatic heterocycles. The Balaban J connectivity index is 1.47. The van der Waals surface area contributed by atoms with Gasteiger partial charge in [-0.1, -0.05) is 48.9 Å². The summed E-state index contributed by atoms with van der Waals surface area (Å²) in [5, 5.41) is 6.92. The van der Waals surface area contributed by atoms with Gasteiger partial charge in [0.2, 0.25) is 5.91 Å². The Kier molecular flexibility index (Phi) is 5.72. The topological polar surface area (TPSA) is 41.1 Å². The molecule has 0 saturated heterocycles. The van der Waals surface area contributed by atoms with Crippen LogP contribution in [-0.4, -0.2) is 24.0 Å². The van der Waals surface area contributed by atoms with Gasteiger partial charge in [-0.05, 0) is 50.0 Å². The van der Waals surface area contributed by atoms with Crippen LogP contribution in [0.3, 0.4) is 0 Å².